The summed E-state index contributed by atoms with van der Waals surface area (Å²) in [7, 11) is 0. The second-order valence-electron chi connectivity index (χ2n) is 5.32. The standard InChI is InChI=1S/C15H24N2O2/c1-3-19-15(8-6-4-5-7-9-15)14-16-12(2)10-13(11-18)17-14/h10,18H,3-9,11H2,1-2H3. The number of hydrogen-bond donors (Lipinski definition) is 1. The summed E-state index contributed by atoms with van der Waals surface area (Å²) in [6.07, 6.45) is 6.79. The van der Waals surface area contributed by atoms with Crippen molar-refractivity contribution >= 4 is 0 Å². The number of aryl methyl sites for hydroxylation is 1. The summed E-state index contributed by atoms with van der Waals surface area (Å²) in [4.78, 5) is 9.11. The van der Waals surface area contributed by atoms with Crippen molar-refractivity contribution in [2.75, 3.05) is 6.61 Å². The van der Waals surface area contributed by atoms with Gasteiger partial charge in [0.2, 0.25) is 0 Å². The fourth-order valence-electron chi connectivity index (χ4n) is 2.93. The minimum absolute atomic E-state index is 0.0431. The van der Waals surface area contributed by atoms with Crippen LogP contribution in [0, 0.1) is 6.92 Å². The second-order valence-corrected chi connectivity index (χ2v) is 5.32. The van der Waals surface area contributed by atoms with Crippen molar-refractivity contribution in [3.63, 3.8) is 0 Å². The molecule has 0 aliphatic heterocycles. The van der Waals surface area contributed by atoms with E-state index < -0.39 is 0 Å². The molecule has 1 aromatic rings. The zero-order valence-corrected chi connectivity index (χ0v) is 12.0. The van der Waals surface area contributed by atoms with E-state index >= 15 is 0 Å². The van der Waals surface area contributed by atoms with Crippen LogP contribution in [0.2, 0.25) is 0 Å². The summed E-state index contributed by atoms with van der Waals surface area (Å²) < 4.78 is 6.08. The van der Waals surface area contributed by atoms with Crippen LogP contribution < -0.4 is 0 Å². The molecular formula is C15H24N2O2. The smallest absolute Gasteiger partial charge is 0.160 e. The number of aromatic nitrogens is 2. The summed E-state index contributed by atoms with van der Waals surface area (Å²) >= 11 is 0. The molecule has 0 unspecified atom stereocenters. The molecular weight excluding hydrogens is 240 g/mol. The highest BCUT2D eigenvalue weighted by molar-refractivity contribution is 5.14. The van der Waals surface area contributed by atoms with Crippen molar-refractivity contribution in [2.24, 2.45) is 0 Å². The molecule has 0 aromatic carbocycles. The normalized spacial score (nSPS) is 19.1. The Balaban J connectivity index is 2.39. The average molecular weight is 264 g/mol. The quantitative estimate of drug-likeness (QED) is 0.850. The van der Waals surface area contributed by atoms with E-state index in [4.69, 9.17) is 4.74 Å². The molecule has 1 saturated carbocycles. The topological polar surface area (TPSA) is 55.2 Å². The number of rotatable bonds is 4. The molecule has 0 amide bonds. The molecule has 106 valence electrons. The molecule has 0 atom stereocenters. The van der Waals surface area contributed by atoms with E-state index in [2.05, 4.69) is 9.97 Å². The van der Waals surface area contributed by atoms with Crippen LogP contribution in [0.4, 0.5) is 0 Å². The van der Waals surface area contributed by atoms with Crippen molar-refractivity contribution in [1.29, 1.82) is 0 Å². The predicted molar refractivity (Wildman–Crippen MR) is 73.7 cm³/mol. The predicted octanol–water partition coefficient (Wildman–Crippen LogP) is 2.86. The molecule has 1 N–H and O–H groups in total. The molecule has 1 heterocycles. The molecule has 4 nitrogen and oxygen atoms in total. The van der Waals surface area contributed by atoms with Gasteiger partial charge in [0.15, 0.2) is 5.82 Å². The van der Waals surface area contributed by atoms with Gasteiger partial charge in [-0.25, -0.2) is 9.97 Å². The Kier molecular flexibility index (Phi) is 4.88. The summed E-state index contributed by atoms with van der Waals surface area (Å²) in [6.45, 7) is 4.60. The van der Waals surface area contributed by atoms with Crippen molar-refractivity contribution in [3.05, 3.63) is 23.3 Å². The van der Waals surface area contributed by atoms with E-state index in [1.165, 1.54) is 12.8 Å². The second kappa shape index (κ2) is 6.44. The Hall–Kier alpha value is -1.00. The fraction of sp³-hybridized carbons (Fsp3) is 0.733. The average Bonchev–Trinajstić information content (AvgIpc) is 2.65. The van der Waals surface area contributed by atoms with Crippen LogP contribution in [0.15, 0.2) is 6.07 Å². The molecule has 1 aliphatic rings. The zero-order valence-electron chi connectivity index (χ0n) is 12.0. The molecule has 0 bridgehead atoms. The van der Waals surface area contributed by atoms with Crippen LogP contribution in [-0.2, 0) is 16.9 Å². The summed E-state index contributed by atoms with van der Waals surface area (Å²) in [5, 5.41) is 9.32. The SMILES string of the molecule is CCOC1(c2nc(C)cc(CO)n2)CCCCCC1. The van der Waals surface area contributed by atoms with Gasteiger partial charge in [-0.2, -0.15) is 0 Å². The van der Waals surface area contributed by atoms with Gasteiger partial charge in [0, 0.05) is 12.3 Å². The third-order valence-electron chi connectivity index (χ3n) is 3.81. The van der Waals surface area contributed by atoms with Crippen LogP contribution in [-0.4, -0.2) is 21.7 Å². The molecule has 0 radical (unpaired) electrons. The van der Waals surface area contributed by atoms with Crippen molar-refractivity contribution in [1.82, 2.24) is 9.97 Å². The van der Waals surface area contributed by atoms with Crippen LogP contribution in [0.3, 0.4) is 0 Å². The lowest BCUT2D eigenvalue weighted by Crippen LogP contribution is -2.32. The molecule has 0 spiro atoms. The Morgan fingerprint density at radius 3 is 2.47 bits per heavy atom. The third-order valence-corrected chi connectivity index (χ3v) is 3.81. The van der Waals surface area contributed by atoms with Crippen LogP contribution in [0.1, 0.15) is 62.7 Å². The van der Waals surface area contributed by atoms with Gasteiger partial charge in [0.05, 0.1) is 12.3 Å². The summed E-state index contributed by atoms with van der Waals surface area (Å²) in [6, 6.07) is 1.83. The van der Waals surface area contributed by atoms with Crippen molar-refractivity contribution in [2.45, 2.75) is 64.6 Å². The van der Waals surface area contributed by atoms with Gasteiger partial charge in [0.25, 0.3) is 0 Å². The first kappa shape index (κ1) is 14.4. The fourth-order valence-corrected chi connectivity index (χ4v) is 2.93. The lowest BCUT2D eigenvalue weighted by Gasteiger charge is -2.31. The van der Waals surface area contributed by atoms with Gasteiger partial charge in [-0.15, -0.1) is 0 Å². The largest absolute Gasteiger partial charge is 0.390 e. The summed E-state index contributed by atoms with van der Waals surface area (Å²) in [5.74, 6) is 0.764. The van der Waals surface area contributed by atoms with E-state index in [-0.39, 0.29) is 12.2 Å². The van der Waals surface area contributed by atoms with Crippen LogP contribution in [0.25, 0.3) is 0 Å². The number of aliphatic hydroxyl groups is 1. The van der Waals surface area contributed by atoms with E-state index in [1.54, 1.807) is 0 Å². The molecule has 1 aliphatic carbocycles. The summed E-state index contributed by atoms with van der Waals surface area (Å²) in [5.41, 5.74) is 1.24. The maximum atomic E-state index is 9.32. The highest BCUT2D eigenvalue weighted by Gasteiger charge is 2.36. The van der Waals surface area contributed by atoms with Gasteiger partial charge < -0.3 is 9.84 Å². The van der Waals surface area contributed by atoms with E-state index in [1.807, 2.05) is 19.9 Å². The van der Waals surface area contributed by atoms with Gasteiger partial charge >= 0.3 is 0 Å². The van der Waals surface area contributed by atoms with Gasteiger partial charge in [-0.1, -0.05) is 25.7 Å². The van der Waals surface area contributed by atoms with E-state index in [0.29, 0.717) is 12.3 Å². The zero-order chi connectivity index (χ0) is 13.7. The Bertz CT molecular complexity index is 413. The Morgan fingerprint density at radius 2 is 1.89 bits per heavy atom. The molecule has 1 aromatic heterocycles. The number of ether oxygens (including phenoxy) is 1. The number of aliphatic hydroxyl groups excluding tert-OH is 1. The molecule has 1 fully saturated rings. The lowest BCUT2D eigenvalue weighted by molar-refractivity contribution is -0.0627. The molecule has 4 heteroatoms. The molecule has 19 heavy (non-hydrogen) atoms. The monoisotopic (exact) mass is 264 g/mol. The highest BCUT2D eigenvalue weighted by atomic mass is 16.5. The van der Waals surface area contributed by atoms with Gasteiger partial charge in [-0.05, 0) is 32.8 Å². The maximum Gasteiger partial charge on any atom is 0.160 e. The van der Waals surface area contributed by atoms with Crippen molar-refractivity contribution < 1.29 is 9.84 Å². The first-order chi connectivity index (χ1) is 9.20. The minimum Gasteiger partial charge on any atom is -0.390 e. The van der Waals surface area contributed by atoms with Crippen molar-refractivity contribution in [3.8, 4) is 0 Å². The minimum atomic E-state index is -0.346. The van der Waals surface area contributed by atoms with Gasteiger partial charge in [-0.3, -0.25) is 0 Å². The first-order valence-corrected chi connectivity index (χ1v) is 7.30. The first-order valence-electron chi connectivity index (χ1n) is 7.30. The van der Waals surface area contributed by atoms with Crippen LogP contribution in [0.5, 0.6) is 0 Å². The van der Waals surface area contributed by atoms with Crippen LogP contribution >= 0.6 is 0 Å². The maximum absolute atomic E-state index is 9.32. The number of nitrogens with zero attached hydrogens (tertiary/aromatic N) is 2. The Morgan fingerprint density at radius 1 is 1.21 bits per heavy atom. The van der Waals surface area contributed by atoms with E-state index in [9.17, 15) is 5.11 Å². The van der Waals surface area contributed by atoms with Gasteiger partial charge in [0.1, 0.15) is 5.60 Å². The van der Waals surface area contributed by atoms with E-state index in [0.717, 1.165) is 37.2 Å². The third kappa shape index (κ3) is 3.31. The molecule has 2 rings (SSSR count). The Labute approximate surface area is 115 Å². The molecule has 0 saturated heterocycles. The lowest BCUT2D eigenvalue weighted by atomic mass is 9.92. The number of hydrogen-bond acceptors (Lipinski definition) is 4. The highest BCUT2D eigenvalue weighted by Crippen LogP contribution is 2.37.